The van der Waals surface area contributed by atoms with E-state index in [2.05, 4.69) is 5.32 Å². The maximum absolute atomic E-state index is 11.6. The van der Waals surface area contributed by atoms with Crippen LogP contribution in [0.25, 0.3) is 0 Å². The Morgan fingerprint density at radius 1 is 1.39 bits per heavy atom. The fourth-order valence-electron chi connectivity index (χ4n) is 1.92. The summed E-state index contributed by atoms with van der Waals surface area (Å²) in [5, 5.41) is 12.0. The van der Waals surface area contributed by atoms with Crippen LogP contribution < -0.4 is 10.1 Å². The first-order valence-corrected chi connectivity index (χ1v) is 6.38. The summed E-state index contributed by atoms with van der Waals surface area (Å²) in [7, 11) is 0. The van der Waals surface area contributed by atoms with Crippen molar-refractivity contribution in [2.24, 2.45) is 5.92 Å². The molecular weight excluding hydrogens is 230 g/mol. The first-order valence-electron chi connectivity index (χ1n) is 6.38. The zero-order valence-electron chi connectivity index (χ0n) is 10.4. The largest absolute Gasteiger partial charge is 0.483 e. The van der Waals surface area contributed by atoms with E-state index in [0.29, 0.717) is 17.2 Å². The normalized spacial score (nSPS) is 14.9. The minimum absolute atomic E-state index is 0.00370. The predicted molar refractivity (Wildman–Crippen MR) is 68.2 cm³/mol. The number of hydrogen-bond donors (Lipinski definition) is 2. The maximum atomic E-state index is 11.6. The molecular formula is C14H19NO3. The first-order chi connectivity index (χ1) is 8.79. The van der Waals surface area contributed by atoms with Gasteiger partial charge in [0.05, 0.1) is 6.61 Å². The monoisotopic (exact) mass is 249 g/mol. The number of benzene rings is 1. The van der Waals surface area contributed by atoms with Crippen LogP contribution >= 0.6 is 0 Å². The number of aliphatic hydroxyl groups is 1. The van der Waals surface area contributed by atoms with Crippen LogP contribution in [-0.4, -0.2) is 24.2 Å². The van der Waals surface area contributed by atoms with Gasteiger partial charge in [-0.2, -0.15) is 0 Å². The highest BCUT2D eigenvalue weighted by atomic mass is 16.5. The smallest absolute Gasteiger partial charge is 0.257 e. The Kier molecular flexibility index (Phi) is 4.59. The Hall–Kier alpha value is -1.55. The van der Waals surface area contributed by atoms with Gasteiger partial charge in [-0.1, -0.05) is 24.6 Å². The van der Waals surface area contributed by atoms with Crippen molar-refractivity contribution in [2.45, 2.75) is 25.9 Å². The third-order valence-electron chi connectivity index (χ3n) is 3.31. The molecule has 2 rings (SSSR count). The van der Waals surface area contributed by atoms with Gasteiger partial charge in [0, 0.05) is 12.1 Å². The van der Waals surface area contributed by atoms with E-state index in [9.17, 15) is 4.79 Å². The summed E-state index contributed by atoms with van der Waals surface area (Å²) in [4.78, 5) is 11.6. The average molecular weight is 249 g/mol. The molecule has 0 heterocycles. The molecule has 1 aromatic rings. The number of para-hydroxylation sites is 1. The fraction of sp³-hybridized carbons (Fsp3) is 0.500. The molecule has 1 aromatic carbocycles. The van der Waals surface area contributed by atoms with E-state index in [4.69, 9.17) is 9.84 Å². The van der Waals surface area contributed by atoms with E-state index in [1.165, 1.54) is 19.3 Å². The van der Waals surface area contributed by atoms with Crippen LogP contribution in [0.15, 0.2) is 24.3 Å². The third-order valence-corrected chi connectivity index (χ3v) is 3.31. The summed E-state index contributed by atoms with van der Waals surface area (Å²) < 4.78 is 5.40. The number of aliphatic hydroxyl groups excluding tert-OH is 1. The van der Waals surface area contributed by atoms with Crippen LogP contribution in [0.3, 0.4) is 0 Å². The number of carbonyl (C=O) groups is 1. The van der Waals surface area contributed by atoms with E-state index >= 15 is 0 Å². The van der Waals surface area contributed by atoms with Gasteiger partial charge in [-0.05, 0) is 24.8 Å². The fourth-order valence-corrected chi connectivity index (χ4v) is 1.92. The number of ether oxygens (including phenoxy) is 1. The van der Waals surface area contributed by atoms with Crippen molar-refractivity contribution in [2.75, 3.05) is 13.2 Å². The highest BCUT2D eigenvalue weighted by molar-refractivity contribution is 5.77. The lowest BCUT2D eigenvalue weighted by atomic mass is 9.85. The Morgan fingerprint density at radius 2 is 2.17 bits per heavy atom. The molecule has 1 aliphatic carbocycles. The predicted octanol–water partition coefficient (Wildman–Crippen LogP) is 1.47. The number of rotatable bonds is 6. The Labute approximate surface area is 107 Å². The second kappa shape index (κ2) is 6.40. The van der Waals surface area contributed by atoms with Gasteiger partial charge >= 0.3 is 0 Å². The summed E-state index contributed by atoms with van der Waals surface area (Å²) in [5.74, 6) is 1.12. The third kappa shape index (κ3) is 3.47. The lowest BCUT2D eigenvalue weighted by Gasteiger charge is -2.25. The maximum Gasteiger partial charge on any atom is 0.257 e. The standard InChI is InChI=1S/C14H19NO3/c16-9-12-6-1-2-7-13(12)18-10-14(17)15-8-11-4-3-5-11/h1-2,6-7,11,16H,3-5,8-10H2,(H,15,17). The van der Waals surface area contributed by atoms with Crippen LogP contribution in [0.5, 0.6) is 5.75 Å². The Morgan fingerprint density at radius 3 is 2.83 bits per heavy atom. The molecule has 0 bridgehead atoms. The van der Waals surface area contributed by atoms with Crippen LogP contribution in [-0.2, 0) is 11.4 Å². The molecule has 18 heavy (non-hydrogen) atoms. The molecule has 0 aromatic heterocycles. The number of amides is 1. The lowest BCUT2D eigenvalue weighted by molar-refractivity contribution is -0.123. The van der Waals surface area contributed by atoms with Crippen molar-refractivity contribution < 1.29 is 14.6 Å². The minimum atomic E-state index is -0.102. The van der Waals surface area contributed by atoms with E-state index in [0.717, 1.165) is 6.54 Å². The molecule has 0 aliphatic heterocycles. The molecule has 0 atom stereocenters. The van der Waals surface area contributed by atoms with Gasteiger partial charge in [-0.25, -0.2) is 0 Å². The minimum Gasteiger partial charge on any atom is -0.483 e. The molecule has 0 radical (unpaired) electrons. The van der Waals surface area contributed by atoms with Crippen molar-refractivity contribution >= 4 is 5.91 Å². The summed E-state index contributed by atoms with van der Waals surface area (Å²) >= 11 is 0. The summed E-state index contributed by atoms with van der Waals surface area (Å²) in [6, 6.07) is 7.18. The molecule has 1 fully saturated rings. The van der Waals surface area contributed by atoms with E-state index < -0.39 is 0 Å². The number of hydrogen-bond acceptors (Lipinski definition) is 3. The van der Waals surface area contributed by atoms with Gasteiger partial charge in [0.25, 0.3) is 5.91 Å². The Balaban J connectivity index is 1.74. The molecule has 1 amide bonds. The average Bonchev–Trinajstić information content (AvgIpc) is 2.35. The molecule has 2 N–H and O–H groups in total. The van der Waals surface area contributed by atoms with E-state index in [1.54, 1.807) is 12.1 Å². The van der Waals surface area contributed by atoms with Crippen molar-refractivity contribution in [3.8, 4) is 5.75 Å². The van der Waals surface area contributed by atoms with Crippen LogP contribution in [0.1, 0.15) is 24.8 Å². The van der Waals surface area contributed by atoms with Crippen molar-refractivity contribution in [1.29, 1.82) is 0 Å². The second-order valence-corrected chi connectivity index (χ2v) is 4.66. The van der Waals surface area contributed by atoms with Gasteiger partial charge in [0.1, 0.15) is 5.75 Å². The van der Waals surface area contributed by atoms with E-state index in [1.807, 2.05) is 12.1 Å². The number of carbonyl (C=O) groups excluding carboxylic acids is 1. The lowest BCUT2D eigenvalue weighted by Crippen LogP contribution is -2.35. The molecule has 4 heteroatoms. The van der Waals surface area contributed by atoms with Gasteiger partial charge in [-0.3, -0.25) is 4.79 Å². The highest BCUT2D eigenvalue weighted by Gasteiger charge is 2.17. The number of nitrogens with one attached hydrogen (secondary N) is 1. The molecule has 98 valence electrons. The van der Waals surface area contributed by atoms with Gasteiger partial charge < -0.3 is 15.2 Å². The Bertz CT molecular complexity index is 402. The quantitative estimate of drug-likeness (QED) is 0.802. The molecule has 0 spiro atoms. The molecule has 1 aliphatic rings. The zero-order chi connectivity index (χ0) is 12.8. The zero-order valence-corrected chi connectivity index (χ0v) is 10.4. The highest BCUT2D eigenvalue weighted by Crippen LogP contribution is 2.25. The van der Waals surface area contributed by atoms with Crippen LogP contribution in [0, 0.1) is 5.92 Å². The molecule has 1 saturated carbocycles. The SMILES string of the molecule is O=C(COc1ccccc1CO)NCC1CCC1. The molecule has 0 saturated heterocycles. The van der Waals surface area contributed by atoms with E-state index in [-0.39, 0.29) is 19.1 Å². The van der Waals surface area contributed by atoms with Gasteiger partial charge in [0.15, 0.2) is 6.61 Å². The summed E-state index contributed by atoms with van der Waals surface area (Å²) in [6.07, 6.45) is 3.71. The molecule has 4 nitrogen and oxygen atoms in total. The topological polar surface area (TPSA) is 58.6 Å². The first kappa shape index (κ1) is 12.9. The van der Waals surface area contributed by atoms with Crippen molar-refractivity contribution in [3.63, 3.8) is 0 Å². The van der Waals surface area contributed by atoms with Crippen molar-refractivity contribution in [1.82, 2.24) is 5.32 Å². The second-order valence-electron chi connectivity index (χ2n) is 4.66. The van der Waals surface area contributed by atoms with Gasteiger partial charge in [-0.15, -0.1) is 0 Å². The summed E-state index contributed by atoms with van der Waals surface area (Å²) in [6.45, 7) is 0.674. The summed E-state index contributed by atoms with van der Waals surface area (Å²) in [5.41, 5.74) is 0.698. The van der Waals surface area contributed by atoms with Gasteiger partial charge in [0.2, 0.25) is 0 Å². The van der Waals surface area contributed by atoms with Crippen molar-refractivity contribution in [3.05, 3.63) is 29.8 Å². The molecule has 0 unspecified atom stereocenters. The van der Waals surface area contributed by atoms with Crippen LogP contribution in [0.2, 0.25) is 0 Å². The van der Waals surface area contributed by atoms with Crippen LogP contribution in [0.4, 0.5) is 0 Å².